The van der Waals surface area contributed by atoms with Gasteiger partial charge in [0, 0.05) is 6.04 Å². The summed E-state index contributed by atoms with van der Waals surface area (Å²) in [5.74, 6) is 0.723. The molecule has 0 spiro atoms. The molecule has 2 rings (SSSR count). The van der Waals surface area contributed by atoms with Gasteiger partial charge in [-0.15, -0.1) is 5.10 Å². The Morgan fingerprint density at radius 1 is 1.26 bits per heavy atom. The van der Waals surface area contributed by atoms with Gasteiger partial charge in [0.25, 0.3) is 0 Å². The minimum Gasteiger partial charge on any atom is -0.350 e. The summed E-state index contributed by atoms with van der Waals surface area (Å²) in [4.78, 5) is 4.31. The predicted molar refractivity (Wildman–Crippen MR) is 78.3 cm³/mol. The Balaban J connectivity index is 2.01. The normalized spacial score (nSPS) is 10.9. The van der Waals surface area contributed by atoms with Crippen LogP contribution in [0, 0.1) is 6.92 Å². The highest BCUT2D eigenvalue weighted by Gasteiger charge is 2.06. The first-order chi connectivity index (χ1) is 9.21. The monoisotopic (exact) mass is 258 g/mol. The number of anilines is 1. The van der Waals surface area contributed by atoms with E-state index in [-0.39, 0.29) is 0 Å². The lowest BCUT2D eigenvalue weighted by atomic mass is 10.1. The van der Waals surface area contributed by atoms with Gasteiger partial charge in [-0.1, -0.05) is 43.7 Å². The molecule has 0 amide bonds. The Kier molecular flexibility index (Phi) is 4.55. The van der Waals surface area contributed by atoms with Crippen molar-refractivity contribution in [2.45, 2.75) is 46.2 Å². The second-order valence-electron chi connectivity index (χ2n) is 4.91. The van der Waals surface area contributed by atoms with Gasteiger partial charge in [-0.25, -0.2) is 9.67 Å². The van der Waals surface area contributed by atoms with E-state index in [4.69, 9.17) is 0 Å². The summed E-state index contributed by atoms with van der Waals surface area (Å²) in [6.45, 7) is 7.21. The Labute approximate surface area is 114 Å². The summed E-state index contributed by atoms with van der Waals surface area (Å²) in [7, 11) is 0. The van der Waals surface area contributed by atoms with E-state index in [0.29, 0.717) is 6.04 Å². The minimum absolute atomic E-state index is 0.454. The first-order valence-electron chi connectivity index (χ1n) is 6.92. The van der Waals surface area contributed by atoms with Gasteiger partial charge in [-0.05, 0) is 25.3 Å². The topological polar surface area (TPSA) is 42.7 Å². The molecular formula is C15H22N4. The van der Waals surface area contributed by atoms with Gasteiger partial charge in [0.15, 0.2) is 0 Å². The average molecular weight is 258 g/mol. The van der Waals surface area contributed by atoms with E-state index in [1.54, 1.807) is 6.33 Å². The van der Waals surface area contributed by atoms with Crippen LogP contribution in [0.25, 0.3) is 0 Å². The molecule has 1 aromatic heterocycles. The molecule has 2 aromatic rings. The van der Waals surface area contributed by atoms with Gasteiger partial charge < -0.3 is 5.32 Å². The lowest BCUT2D eigenvalue weighted by molar-refractivity contribution is 0.652. The Bertz CT molecular complexity index is 514. The molecular weight excluding hydrogens is 236 g/mol. The van der Waals surface area contributed by atoms with Crippen LogP contribution in [0.4, 0.5) is 5.95 Å². The van der Waals surface area contributed by atoms with E-state index in [1.165, 1.54) is 11.1 Å². The third kappa shape index (κ3) is 3.81. The van der Waals surface area contributed by atoms with Crippen molar-refractivity contribution in [3.05, 3.63) is 41.7 Å². The molecule has 0 fully saturated rings. The first kappa shape index (κ1) is 13.6. The molecule has 0 aliphatic heterocycles. The van der Waals surface area contributed by atoms with E-state index >= 15 is 0 Å². The van der Waals surface area contributed by atoms with Gasteiger partial charge in [0.1, 0.15) is 6.33 Å². The Morgan fingerprint density at radius 3 is 2.74 bits per heavy atom. The highest BCUT2D eigenvalue weighted by atomic mass is 15.4. The maximum absolute atomic E-state index is 4.47. The molecule has 1 N–H and O–H groups in total. The van der Waals surface area contributed by atoms with E-state index in [9.17, 15) is 0 Å². The number of hydrogen-bond acceptors (Lipinski definition) is 3. The predicted octanol–water partition coefficient (Wildman–Crippen LogP) is 3.24. The summed E-state index contributed by atoms with van der Waals surface area (Å²) in [5, 5.41) is 7.82. The fourth-order valence-electron chi connectivity index (χ4n) is 2.11. The summed E-state index contributed by atoms with van der Waals surface area (Å²) >= 11 is 0. The first-order valence-corrected chi connectivity index (χ1v) is 6.92. The summed E-state index contributed by atoms with van der Waals surface area (Å²) in [5.41, 5.74) is 2.52. The number of nitrogens with one attached hydrogen (secondary N) is 1. The maximum Gasteiger partial charge on any atom is 0.242 e. The summed E-state index contributed by atoms with van der Waals surface area (Å²) < 4.78 is 1.87. The van der Waals surface area contributed by atoms with Crippen LogP contribution < -0.4 is 5.32 Å². The van der Waals surface area contributed by atoms with Crippen LogP contribution in [-0.4, -0.2) is 20.8 Å². The van der Waals surface area contributed by atoms with Crippen molar-refractivity contribution in [2.75, 3.05) is 5.32 Å². The lowest BCUT2D eigenvalue weighted by Crippen LogP contribution is -2.18. The molecule has 0 aliphatic carbocycles. The largest absolute Gasteiger partial charge is 0.350 e. The van der Waals surface area contributed by atoms with Crippen LogP contribution in [0.2, 0.25) is 0 Å². The second kappa shape index (κ2) is 6.36. The third-order valence-corrected chi connectivity index (χ3v) is 3.28. The van der Waals surface area contributed by atoms with Crippen LogP contribution in [0.15, 0.2) is 30.6 Å². The molecule has 0 radical (unpaired) electrons. The van der Waals surface area contributed by atoms with Crippen molar-refractivity contribution in [1.82, 2.24) is 14.8 Å². The van der Waals surface area contributed by atoms with Crippen molar-refractivity contribution in [3.63, 3.8) is 0 Å². The van der Waals surface area contributed by atoms with Crippen LogP contribution >= 0.6 is 0 Å². The zero-order valence-electron chi connectivity index (χ0n) is 11.9. The molecule has 4 heteroatoms. The van der Waals surface area contributed by atoms with Crippen molar-refractivity contribution in [2.24, 2.45) is 0 Å². The van der Waals surface area contributed by atoms with Crippen LogP contribution in [-0.2, 0) is 6.54 Å². The van der Waals surface area contributed by atoms with Crippen molar-refractivity contribution >= 4 is 5.95 Å². The summed E-state index contributed by atoms with van der Waals surface area (Å²) in [6, 6.07) is 8.92. The van der Waals surface area contributed by atoms with Crippen LogP contribution in [0.5, 0.6) is 0 Å². The molecule has 1 aromatic carbocycles. The second-order valence-corrected chi connectivity index (χ2v) is 4.91. The molecule has 0 unspecified atom stereocenters. The zero-order valence-corrected chi connectivity index (χ0v) is 11.9. The van der Waals surface area contributed by atoms with Gasteiger partial charge >= 0.3 is 0 Å². The highest BCUT2D eigenvalue weighted by Crippen LogP contribution is 2.08. The van der Waals surface area contributed by atoms with E-state index in [0.717, 1.165) is 25.3 Å². The Morgan fingerprint density at radius 2 is 2.05 bits per heavy atom. The molecule has 4 nitrogen and oxygen atoms in total. The number of aromatic nitrogens is 3. The third-order valence-electron chi connectivity index (χ3n) is 3.28. The average Bonchev–Trinajstić information content (AvgIpc) is 2.83. The van der Waals surface area contributed by atoms with Gasteiger partial charge in [-0.2, -0.15) is 0 Å². The number of benzene rings is 1. The van der Waals surface area contributed by atoms with E-state index in [1.807, 2.05) is 4.68 Å². The number of hydrogen-bond donors (Lipinski definition) is 1. The number of aryl methyl sites for hydroxylation is 1. The SMILES string of the molecule is CCC(CC)Nc1ncn(Cc2cccc(C)c2)n1. The minimum atomic E-state index is 0.454. The highest BCUT2D eigenvalue weighted by molar-refractivity contribution is 5.25. The fraction of sp³-hybridized carbons (Fsp3) is 0.467. The number of nitrogens with zero attached hydrogens (tertiary/aromatic N) is 3. The number of rotatable bonds is 6. The quantitative estimate of drug-likeness (QED) is 0.865. The molecule has 102 valence electrons. The van der Waals surface area contributed by atoms with Crippen LogP contribution in [0.3, 0.4) is 0 Å². The maximum atomic E-state index is 4.47. The lowest BCUT2D eigenvalue weighted by Gasteiger charge is -2.12. The molecule has 0 saturated carbocycles. The molecule has 0 saturated heterocycles. The molecule has 0 atom stereocenters. The van der Waals surface area contributed by atoms with Gasteiger partial charge in [0.2, 0.25) is 5.95 Å². The van der Waals surface area contributed by atoms with E-state index < -0.39 is 0 Å². The molecule has 0 aliphatic rings. The standard InChI is InChI=1S/C15H22N4/c1-4-14(5-2)17-15-16-11-19(18-15)10-13-8-6-7-12(3)9-13/h6-9,11,14H,4-5,10H2,1-3H3,(H,17,18). The zero-order chi connectivity index (χ0) is 13.7. The summed E-state index contributed by atoms with van der Waals surface area (Å²) in [6.07, 6.45) is 3.96. The van der Waals surface area contributed by atoms with Crippen molar-refractivity contribution < 1.29 is 0 Å². The molecule has 1 heterocycles. The van der Waals surface area contributed by atoms with E-state index in [2.05, 4.69) is 60.4 Å². The fourth-order valence-corrected chi connectivity index (χ4v) is 2.11. The molecule has 19 heavy (non-hydrogen) atoms. The van der Waals surface area contributed by atoms with Gasteiger partial charge in [0.05, 0.1) is 6.54 Å². The van der Waals surface area contributed by atoms with Gasteiger partial charge in [-0.3, -0.25) is 0 Å². The van der Waals surface area contributed by atoms with Crippen LogP contribution in [0.1, 0.15) is 37.8 Å². The van der Waals surface area contributed by atoms with Crippen molar-refractivity contribution in [1.29, 1.82) is 0 Å². The Hall–Kier alpha value is -1.84. The smallest absolute Gasteiger partial charge is 0.242 e. The van der Waals surface area contributed by atoms with Crippen molar-refractivity contribution in [3.8, 4) is 0 Å². The molecule has 0 bridgehead atoms.